The van der Waals surface area contributed by atoms with E-state index < -0.39 is 33.5 Å². The molecule has 1 saturated carbocycles. The van der Waals surface area contributed by atoms with Crippen molar-refractivity contribution < 1.29 is 31.6 Å². The van der Waals surface area contributed by atoms with Crippen LogP contribution in [0.15, 0.2) is 44.3 Å². The number of furan rings is 1. The number of oxazole rings is 1. The minimum absolute atomic E-state index is 0.0980. The van der Waals surface area contributed by atoms with Gasteiger partial charge in [-0.15, -0.1) is 0 Å². The SMILES string of the molecule is COCC(=O)NS(=O)(=O)c1ccc(C(=O)N[C@H]2CC[C@H](c3nc4cc(Cl)ccc4o3)CC2)o1. The van der Waals surface area contributed by atoms with E-state index in [0.29, 0.717) is 29.3 Å². The molecule has 4 rings (SSSR count). The van der Waals surface area contributed by atoms with Gasteiger partial charge in [0, 0.05) is 24.1 Å². The molecule has 0 saturated heterocycles. The van der Waals surface area contributed by atoms with E-state index >= 15 is 0 Å². The van der Waals surface area contributed by atoms with Crippen molar-refractivity contribution in [2.24, 2.45) is 0 Å². The minimum Gasteiger partial charge on any atom is -0.440 e. The molecule has 10 nitrogen and oxygen atoms in total. The smallest absolute Gasteiger partial charge is 0.297 e. The molecule has 0 unspecified atom stereocenters. The Balaban J connectivity index is 1.33. The summed E-state index contributed by atoms with van der Waals surface area (Å²) in [5.74, 6) is -0.736. The van der Waals surface area contributed by atoms with Crippen LogP contribution in [0.1, 0.15) is 48.0 Å². The first-order chi connectivity index (χ1) is 15.7. The topological polar surface area (TPSA) is 141 Å². The van der Waals surface area contributed by atoms with E-state index in [-0.39, 0.29) is 17.7 Å². The predicted molar refractivity (Wildman–Crippen MR) is 117 cm³/mol. The van der Waals surface area contributed by atoms with Gasteiger partial charge in [0.1, 0.15) is 12.1 Å². The minimum atomic E-state index is -4.23. The van der Waals surface area contributed by atoms with E-state index in [4.69, 9.17) is 20.4 Å². The highest BCUT2D eigenvalue weighted by molar-refractivity contribution is 7.89. The average Bonchev–Trinajstić information content (AvgIpc) is 3.42. The molecule has 3 aromatic rings. The molecule has 0 spiro atoms. The zero-order valence-electron chi connectivity index (χ0n) is 17.7. The number of methoxy groups -OCH3 is 1. The van der Waals surface area contributed by atoms with E-state index in [0.717, 1.165) is 24.4 Å². The molecule has 0 bridgehead atoms. The van der Waals surface area contributed by atoms with Gasteiger partial charge in [0.25, 0.3) is 21.8 Å². The highest BCUT2D eigenvalue weighted by atomic mass is 35.5. The lowest BCUT2D eigenvalue weighted by molar-refractivity contribution is -0.122. The maximum Gasteiger partial charge on any atom is 0.297 e. The van der Waals surface area contributed by atoms with Gasteiger partial charge in [-0.3, -0.25) is 9.59 Å². The van der Waals surface area contributed by atoms with Crippen LogP contribution >= 0.6 is 11.6 Å². The lowest BCUT2D eigenvalue weighted by atomic mass is 9.86. The van der Waals surface area contributed by atoms with Gasteiger partial charge in [0.15, 0.2) is 17.2 Å². The summed E-state index contributed by atoms with van der Waals surface area (Å²) in [5.41, 5.74) is 1.40. The van der Waals surface area contributed by atoms with Crippen molar-refractivity contribution in [3.63, 3.8) is 0 Å². The zero-order valence-corrected chi connectivity index (χ0v) is 19.2. The summed E-state index contributed by atoms with van der Waals surface area (Å²) in [4.78, 5) is 28.5. The maximum atomic E-state index is 12.5. The summed E-state index contributed by atoms with van der Waals surface area (Å²) in [6, 6.07) is 7.58. The van der Waals surface area contributed by atoms with Gasteiger partial charge >= 0.3 is 0 Å². The van der Waals surface area contributed by atoms with Gasteiger partial charge in [-0.1, -0.05) is 11.6 Å². The fraction of sp³-hybridized carbons (Fsp3) is 0.381. The molecule has 33 heavy (non-hydrogen) atoms. The molecule has 0 aliphatic heterocycles. The summed E-state index contributed by atoms with van der Waals surface area (Å²) < 4.78 is 41.7. The average molecular weight is 496 g/mol. The van der Waals surface area contributed by atoms with Crippen molar-refractivity contribution in [2.75, 3.05) is 13.7 Å². The number of sulfonamides is 1. The normalized spacial score (nSPS) is 18.8. The van der Waals surface area contributed by atoms with Gasteiger partial charge in [0.2, 0.25) is 5.09 Å². The number of rotatable bonds is 7. The third-order valence-corrected chi connectivity index (χ3v) is 6.85. The second kappa shape index (κ2) is 9.54. The second-order valence-corrected chi connectivity index (χ2v) is 9.82. The Hall–Kier alpha value is -2.89. The van der Waals surface area contributed by atoms with Gasteiger partial charge < -0.3 is 18.9 Å². The lowest BCUT2D eigenvalue weighted by Gasteiger charge is -2.27. The van der Waals surface area contributed by atoms with Crippen LogP contribution in [0.4, 0.5) is 0 Å². The number of carbonyl (C=O) groups excluding carboxylic acids is 2. The van der Waals surface area contributed by atoms with Crippen LogP contribution in [0.2, 0.25) is 5.02 Å². The Bertz CT molecular complexity index is 1280. The van der Waals surface area contributed by atoms with Crippen LogP contribution in [-0.4, -0.2) is 45.0 Å². The van der Waals surface area contributed by atoms with E-state index in [2.05, 4.69) is 15.0 Å². The highest BCUT2D eigenvalue weighted by Gasteiger charge is 2.29. The number of fused-ring (bicyclic) bond motifs is 1. The number of ether oxygens (including phenoxy) is 1. The third-order valence-electron chi connectivity index (χ3n) is 5.37. The monoisotopic (exact) mass is 495 g/mol. The largest absolute Gasteiger partial charge is 0.440 e. The molecule has 0 radical (unpaired) electrons. The van der Waals surface area contributed by atoms with Crippen molar-refractivity contribution >= 4 is 44.5 Å². The van der Waals surface area contributed by atoms with Crippen molar-refractivity contribution in [3.8, 4) is 0 Å². The number of amides is 2. The Morgan fingerprint density at radius 2 is 1.91 bits per heavy atom. The molecule has 2 amide bonds. The fourth-order valence-electron chi connectivity index (χ4n) is 3.78. The number of halogens is 1. The van der Waals surface area contributed by atoms with Crippen LogP contribution in [-0.2, 0) is 19.6 Å². The third kappa shape index (κ3) is 5.37. The number of hydrogen-bond donors (Lipinski definition) is 2. The Morgan fingerprint density at radius 3 is 2.64 bits per heavy atom. The van der Waals surface area contributed by atoms with Crippen LogP contribution < -0.4 is 10.0 Å². The first kappa shape index (κ1) is 23.3. The summed E-state index contributed by atoms with van der Waals surface area (Å²) in [7, 11) is -2.97. The Labute approximate surface area is 194 Å². The van der Waals surface area contributed by atoms with Gasteiger partial charge in [-0.05, 0) is 56.0 Å². The number of aromatic nitrogens is 1. The number of carbonyl (C=O) groups is 2. The van der Waals surface area contributed by atoms with E-state index in [1.807, 2.05) is 0 Å². The lowest BCUT2D eigenvalue weighted by Crippen LogP contribution is -2.37. The number of nitrogens with zero attached hydrogens (tertiary/aromatic N) is 1. The van der Waals surface area contributed by atoms with Crippen LogP contribution in [0, 0.1) is 0 Å². The number of benzene rings is 1. The Morgan fingerprint density at radius 1 is 1.15 bits per heavy atom. The van der Waals surface area contributed by atoms with E-state index in [9.17, 15) is 18.0 Å². The predicted octanol–water partition coefficient (Wildman–Crippen LogP) is 2.98. The first-order valence-corrected chi connectivity index (χ1v) is 12.1. The fourth-order valence-corrected chi connectivity index (χ4v) is 4.85. The van der Waals surface area contributed by atoms with Gasteiger partial charge in [0.05, 0.1) is 0 Å². The Kier molecular flexibility index (Phi) is 6.73. The molecular weight excluding hydrogens is 474 g/mol. The molecule has 1 aliphatic rings. The van der Waals surface area contributed by atoms with Gasteiger partial charge in [-0.25, -0.2) is 9.71 Å². The van der Waals surface area contributed by atoms with Crippen LogP contribution in [0.3, 0.4) is 0 Å². The first-order valence-electron chi connectivity index (χ1n) is 10.3. The van der Waals surface area contributed by atoms with Crippen molar-refractivity contribution in [1.82, 2.24) is 15.0 Å². The number of hydrogen-bond acceptors (Lipinski definition) is 8. The molecule has 2 N–H and O–H groups in total. The molecule has 2 aromatic heterocycles. The standard InChI is InChI=1S/C21H22ClN3O7S/c1-30-11-18(26)25-33(28,29)19-9-8-17(31-19)20(27)23-14-5-2-12(3-6-14)21-24-15-10-13(22)4-7-16(15)32-21/h4,7-10,12,14H,2-3,5-6,11H2,1H3,(H,23,27)(H,25,26)/t12-,14-. The molecule has 2 heterocycles. The number of nitrogens with one attached hydrogen (secondary N) is 2. The highest BCUT2D eigenvalue weighted by Crippen LogP contribution is 2.34. The van der Waals surface area contributed by atoms with Crippen molar-refractivity contribution in [1.29, 1.82) is 0 Å². The molecule has 1 fully saturated rings. The second-order valence-electron chi connectivity index (χ2n) is 7.77. The summed E-state index contributed by atoms with van der Waals surface area (Å²) >= 11 is 6.01. The maximum absolute atomic E-state index is 12.5. The summed E-state index contributed by atoms with van der Waals surface area (Å²) in [5, 5.41) is 2.93. The molecule has 1 aliphatic carbocycles. The van der Waals surface area contributed by atoms with Gasteiger partial charge in [-0.2, -0.15) is 8.42 Å². The van der Waals surface area contributed by atoms with Crippen molar-refractivity contribution in [3.05, 3.63) is 47.0 Å². The van der Waals surface area contributed by atoms with Crippen LogP contribution in [0.5, 0.6) is 0 Å². The molecule has 1 aromatic carbocycles. The summed E-state index contributed by atoms with van der Waals surface area (Å²) in [6.07, 6.45) is 2.95. The van der Waals surface area contributed by atoms with Crippen LogP contribution in [0.25, 0.3) is 11.1 Å². The van der Waals surface area contributed by atoms with Crippen molar-refractivity contribution in [2.45, 2.75) is 42.7 Å². The van der Waals surface area contributed by atoms with E-state index in [1.165, 1.54) is 13.2 Å². The molecule has 0 atom stereocenters. The molecular formula is C21H22ClN3O7S. The molecule has 12 heteroatoms. The zero-order chi connectivity index (χ0) is 23.6. The summed E-state index contributed by atoms with van der Waals surface area (Å²) in [6.45, 7) is -0.423. The molecule has 176 valence electrons. The quantitative estimate of drug-likeness (QED) is 0.509. The van der Waals surface area contributed by atoms with E-state index in [1.54, 1.807) is 22.9 Å².